The van der Waals surface area contributed by atoms with Gasteiger partial charge in [-0.3, -0.25) is 9.59 Å². The summed E-state index contributed by atoms with van der Waals surface area (Å²) in [4.78, 5) is 21.0. The highest BCUT2D eigenvalue weighted by molar-refractivity contribution is 6.55. The van der Waals surface area contributed by atoms with Crippen molar-refractivity contribution in [3.8, 4) is 22.6 Å². The minimum atomic E-state index is -1.20. The molecule has 2 aromatic rings. The molecule has 0 radical (unpaired) electrons. The normalized spacial score (nSPS) is 10.7. The van der Waals surface area contributed by atoms with E-state index in [1.54, 1.807) is 36.4 Å². The van der Waals surface area contributed by atoms with Crippen molar-refractivity contribution >= 4 is 69.6 Å². The Hall–Kier alpha value is -1.86. The second-order valence-corrected chi connectivity index (χ2v) is 7.60. The minimum Gasteiger partial charge on any atom is -0.495 e. The standard InChI is InChI=1S/C18H16Cl4N2O4/c1-27-13-7-9(3-5-11(13)23-17(25)15(19)20)10-4-6-12(14(8-10)28-2)24-18(26)16(21)22/h3-8,15-16H,1-2H3,(H,23,25)(H,24,26). The molecule has 150 valence electrons. The van der Waals surface area contributed by atoms with E-state index in [1.165, 1.54) is 14.2 Å². The number of hydrogen-bond donors (Lipinski definition) is 2. The summed E-state index contributed by atoms with van der Waals surface area (Å²) in [6.45, 7) is 0. The molecule has 0 aromatic heterocycles. The van der Waals surface area contributed by atoms with Gasteiger partial charge < -0.3 is 20.1 Å². The summed E-state index contributed by atoms with van der Waals surface area (Å²) in [6.07, 6.45) is 0. The minimum absolute atomic E-state index is 0.420. The molecule has 0 saturated carbocycles. The van der Waals surface area contributed by atoms with Gasteiger partial charge in [0.15, 0.2) is 9.67 Å². The number of methoxy groups -OCH3 is 2. The molecule has 0 aliphatic rings. The summed E-state index contributed by atoms with van der Waals surface area (Å²) < 4.78 is 10.7. The lowest BCUT2D eigenvalue weighted by molar-refractivity contribution is -0.115. The fourth-order valence-electron chi connectivity index (χ4n) is 2.32. The molecule has 0 spiro atoms. The lowest BCUT2D eigenvalue weighted by Crippen LogP contribution is -2.19. The van der Waals surface area contributed by atoms with E-state index in [1.807, 2.05) is 0 Å². The third-order valence-corrected chi connectivity index (χ3v) is 4.44. The molecule has 0 unspecified atom stereocenters. The van der Waals surface area contributed by atoms with Crippen LogP contribution < -0.4 is 20.1 Å². The summed E-state index contributed by atoms with van der Waals surface area (Å²) >= 11 is 22.2. The van der Waals surface area contributed by atoms with Crippen molar-refractivity contribution in [3.05, 3.63) is 36.4 Å². The molecule has 0 aliphatic carbocycles. The molecule has 2 aromatic carbocycles. The number of carbonyl (C=O) groups is 2. The highest BCUT2D eigenvalue weighted by atomic mass is 35.5. The highest BCUT2D eigenvalue weighted by Gasteiger charge is 2.17. The number of rotatable bonds is 7. The molecule has 2 amide bonds. The van der Waals surface area contributed by atoms with Crippen molar-refractivity contribution in [1.82, 2.24) is 0 Å². The summed E-state index contributed by atoms with van der Waals surface area (Å²) in [6, 6.07) is 10.3. The Bertz CT molecular complexity index is 803. The van der Waals surface area contributed by atoms with E-state index in [-0.39, 0.29) is 0 Å². The van der Waals surface area contributed by atoms with Crippen molar-refractivity contribution < 1.29 is 19.1 Å². The van der Waals surface area contributed by atoms with Gasteiger partial charge in [0.25, 0.3) is 11.8 Å². The number of benzene rings is 2. The molecular weight excluding hydrogens is 450 g/mol. The first-order chi connectivity index (χ1) is 13.3. The summed E-state index contributed by atoms with van der Waals surface area (Å²) in [5.74, 6) is -0.285. The van der Waals surface area contributed by atoms with Crippen LogP contribution in [0.3, 0.4) is 0 Å². The fraction of sp³-hybridized carbons (Fsp3) is 0.222. The molecule has 10 heteroatoms. The Kier molecular flexibility index (Phi) is 8.07. The topological polar surface area (TPSA) is 76.7 Å². The monoisotopic (exact) mass is 464 g/mol. The quantitative estimate of drug-likeness (QED) is 0.572. The predicted octanol–water partition coefficient (Wildman–Crippen LogP) is 4.86. The Morgan fingerprint density at radius 2 is 1.11 bits per heavy atom. The van der Waals surface area contributed by atoms with Gasteiger partial charge in [0, 0.05) is 0 Å². The van der Waals surface area contributed by atoms with Gasteiger partial charge in [-0.1, -0.05) is 58.5 Å². The number of hydrogen-bond acceptors (Lipinski definition) is 4. The van der Waals surface area contributed by atoms with Crippen molar-refractivity contribution in [3.63, 3.8) is 0 Å². The Morgan fingerprint density at radius 1 is 0.750 bits per heavy atom. The predicted molar refractivity (Wildman–Crippen MR) is 113 cm³/mol. The maximum atomic E-state index is 11.7. The van der Waals surface area contributed by atoms with E-state index in [4.69, 9.17) is 55.9 Å². The van der Waals surface area contributed by atoms with E-state index in [0.717, 1.165) is 11.1 Å². The van der Waals surface area contributed by atoms with Crippen LogP contribution in [0.2, 0.25) is 0 Å². The second-order valence-electron chi connectivity index (χ2n) is 5.41. The smallest absolute Gasteiger partial charge is 0.257 e. The first-order valence-electron chi connectivity index (χ1n) is 7.81. The van der Waals surface area contributed by atoms with Crippen LogP contribution in [0.1, 0.15) is 0 Å². The van der Waals surface area contributed by atoms with Crippen LogP contribution in [0.15, 0.2) is 36.4 Å². The van der Waals surface area contributed by atoms with Crippen LogP contribution in [-0.4, -0.2) is 35.7 Å². The van der Waals surface area contributed by atoms with Crippen LogP contribution in [0.25, 0.3) is 11.1 Å². The molecule has 0 aliphatic heterocycles. The van der Waals surface area contributed by atoms with Crippen molar-refractivity contribution in [2.24, 2.45) is 0 Å². The zero-order valence-electron chi connectivity index (χ0n) is 14.8. The molecular formula is C18H16Cl4N2O4. The molecule has 2 N–H and O–H groups in total. The molecule has 2 rings (SSSR count). The first-order valence-corrected chi connectivity index (χ1v) is 9.56. The lowest BCUT2D eigenvalue weighted by Gasteiger charge is -2.14. The van der Waals surface area contributed by atoms with Crippen LogP contribution >= 0.6 is 46.4 Å². The van der Waals surface area contributed by atoms with Gasteiger partial charge in [-0.25, -0.2) is 0 Å². The lowest BCUT2D eigenvalue weighted by atomic mass is 10.0. The number of ether oxygens (including phenoxy) is 2. The molecule has 0 fully saturated rings. The largest absolute Gasteiger partial charge is 0.495 e. The zero-order chi connectivity index (χ0) is 20.8. The molecule has 0 bridgehead atoms. The van der Waals surface area contributed by atoms with E-state index in [0.29, 0.717) is 22.9 Å². The van der Waals surface area contributed by atoms with Gasteiger partial charge in [-0.15, -0.1) is 0 Å². The Labute approximate surface area is 182 Å². The van der Waals surface area contributed by atoms with Crippen LogP contribution in [-0.2, 0) is 9.59 Å². The summed E-state index contributed by atoms with van der Waals surface area (Å²) in [7, 11) is 2.95. The third kappa shape index (κ3) is 5.58. The summed E-state index contributed by atoms with van der Waals surface area (Å²) in [5.41, 5.74) is 2.42. The van der Waals surface area contributed by atoms with E-state index >= 15 is 0 Å². The van der Waals surface area contributed by atoms with Crippen LogP contribution in [0, 0.1) is 0 Å². The number of amides is 2. The zero-order valence-corrected chi connectivity index (χ0v) is 17.8. The number of alkyl halides is 4. The van der Waals surface area contributed by atoms with Gasteiger partial charge in [0.1, 0.15) is 11.5 Å². The molecule has 6 nitrogen and oxygen atoms in total. The van der Waals surface area contributed by atoms with Crippen molar-refractivity contribution in [1.29, 1.82) is 0 Å². The molecule has 0 saturated heterocycles. The Morgan fingerprint density at radius 3 is 1.39 bits per heavy atom. The van der Waals surface area contributed by atoms with Gasteiger partial charge in [-0.2, -0.15) is 0 Å². The molecule has 28 heavy (non-hydrogen) atoms. The number of carbonyl (C=O) groups excluding carboxylic acids is 2. The number of halogens is 4. The number of anilines is 2. The van der Waals surface area contributed by atoms with E-state index < -0.39 is 21.5 Å². The third-order valence-electron chi connectivity index (χ3n) is 3.65. The first kappa shape index (κ1) is 22.4. The van der Waals surface area contributed by atoms with Crippen molar-refractivity contribution in [2.75, 3.05) is 24.9 Å². The average Bonchev–Trinajstić information content (AvgIpc) is 2.68. The maximum absolute atomic E-state index is 11.7. The fourth-order valence-corrected chi connectivity index (χ4v) is 2.54. The number of nitrogens with one attached hydrogen (secondary N) is 2. The molecule has 0 atom stereocenters. The highest BCUT2D eigenvalue weighted by Crippen LogP contribution is 2.35. The van der Waals surface area contributed by atoms with E-state index in [9.17, 15) is 9.59 Å². The van der Waals surface area contributed by atoms with Gasteiger partial charge in [0.2, 0.25) is 0 Å². The molecule has 0 heterocycles. The van der Waals surface area contributed by atoms with Gasteiger partial charge >= 0.3 is 0 Å². The Balaban J connectivity index is 2.34. The van der Waals surface area contributed by atoms with Crippen molar-refractivity contribution in [2.45, 2.75) is 9.67 Å². The second kappa shape index (κ2) is 10.1. The SMILES string of the molecule is COc1cc(-c2ccc(NC(=O)C(Cl)Cl)c(OC)c2)ccc1NC(=O)C(Cl)Cl. The van der Waals surface area contributed by atoms with Gasteiger partial charge in [-0.05, 0) is 35.4 Å². The average molecular weight is 466 g/mol. The van der Waals surface area contributed by atoms with Gasteiger partial charge in [0.05, 0.1) is 25.6 Å². The summed E-state index contributed by atoms with van der Waals surface area (Å²) in [5, 5.41) is 5.16. The van der Waals surface area contributed by atoms with E-state index in [2.05, 4.69) is 10.6 Å². The van der Waals surface area contributed by atoms with Crippen LogP contribution in [0.4, 0.5) is 11.4 Å². The maximum Gasteiger partial charge on any atom is 0.257 e. The van der Waals surface area contributed by atoms with Crippen LogP contribution in [0.5, 0.6) is 11.5 Å².